The molecule has 4 nitrogen and oxygen atoms in total. The van der Waals surface area contributed by atoms with Gasteiger partial charge in [-0.05, 0) is 20.3 Å². The van der Waals surface area contributed by atoms with E-state index in [0.717, 1.165) is 38.8 Å². The molecule has 0 fully saturated rings. The molecule has 2 atom stereocenters. The van der Waals surface area contributed by atoms with Crippen LogP contribution in [-0.2, 0) is 4.79 Å². The summed E-state index contributed by atoms with van der Waals surface area (Å²) in [5.41, 5.74) is 0. The minimum absolute atomic E-state index is 0.416. The van der Waals surface area contributed by atoms with Crippen molar-refractivity contribution in [3.8, 4) is 0 Å². The molecule has 0 bridgehead atoms. The van der Waals surface area contributed by atoms with E-state index >= 15 is 0 Å². The maximum atomic E-state index is 11.5. The predicted octanol–water partition coefficient (Wildman–Crippen LogP) is 2.09. The van der Waals surface area contributed by atoms with Gasteiger partial charge in [-0.25, -0.2) is 0 Å². The van der Waals surface area contributed by atoms with Crippen LogP contribution in [-0.4, -0.2) is 47.3 Å². The summed E-state index contributed by atoms with van der Waals surface area (Å²) in [6, 6.07) is -0.504. The first-order valence-corrected chi connectivity index (χ1v) is 8.72. The summed E-state index contributed by atoms with van der Waals surface area (Å²) in [6.07, 6.45) is 6.34. The molecular weight excluding hydrogens is 266 g/mol. The number of carboxylic acid groups (broad SMARTS) is 1. The predicted molar refractivity (Wildman–Crippen MR) is 84.7 cm³/mol. The number of hydrogen-bond acceptors (Lipinski definition) is 3. The number of carbonyl (C=O) groups excluding carboxylic acids is 1. The van der Waals surface area contributed by atoms with Gasteiger partial charge in [0.15, 0.2) is 0 Å². The van der Waals surface area contributed by atoms with E-state index < -0.39 is 18.1 Å². The summed E-state index contributed by atoms with van der Waals surface area (Å²) in [5, 5.41) is 21.8. The Kier molecular flexibility index (Phi) is 10.7. The van der Waals surface area contributed by atoms with Crippen molar-refractivity contribution in [1.29, 1.82) is 0 Å². The fraction of sp³-hybridized carbons (Fsp3) is 0.941. The Bertz CT molecular complexity index is 277. The lowest BCUT2D eigenvalue weighted by atomic mass is 10.0. The number of hydrogen-bond donors (Lipinski definition) is 1. The van der Waals surface area contributed by atoms with E-state index in [2.05, 4.69) is 6.92 Å². The highest BCUT2D eigenvalue weighted by Crippen LogP contribution is 2.20. The second-order valence-corrected chi connectivity index (χ2v) is 6.16. The number of nitrogens with zero attached hydrogens (tertiary/aromatic N) is 1. The van der Waals surface area contributed by atoms with E-state index in [1.54, 1.807) is 0 Å². The van der Waals surface area contributed by atoms with Gasteiger partial charge in [0.2, 0.25) is 0 Å². The van der Waals surface area contributed by atoms with Gasteiger partial charge < -0.3 is 19.5 Å². The van der Waals surface area contributed by atoms with Crippen LogP contribution in [0.25, 0.3) is 0 Å². The Morgan fingerprint density at radius 1 is 1.00 bits per heavy atom. The zero-order valence-electron chi connectivity index (χ0n) is 14.4. The van der Waals surface area contributed by atoms with E-state index in [4.69, 9.17) is 0 Å². The topological polar surface area (TPSA) is 60.4 Å². The molecule has 1 N–H and O–H groups in total. The molecule has 0 amide bonds. The Balaban J connectivity index is 4.72. The van der Waals surface area contributed by atoms with Crippen molar-refractivity contribution in [3.63, 3.8) is 0 Å². The number of aliphatic carboxylic acids is 1. The summed E-state index contributed by atoms with van der Waals surface area (Å²) >= 11 is 0. The van der Waals surface area contributed by atoms with Crippen LogP contribution in [0.15, 0.2) is 0 Å². The van der Waals surface area contributed by atoms with Crippen molar-refractivity contribution >= 4 is 5.97 Å². The van der Waals surface area contributed by atoms with Crippen molar-refractivity contribution in [2.75, 3.05) is 19.6 Å². The molecule has 21 heavy (non-hydrogen) atoms. The van der Waals surface area contributed by atoms with E-state index in [0.29, 0.717) is 17.4 Å². The lowest BCUT2D eigenvalue weighted by molar-refractivity contribution is -0.945. The van der Waals surface area contributed by atoms with Crippen LogP contribution in [0.4, 0.5) is 0 Å². The van der Waals surface area contributed by atoms with Crippen molar-refractivity contribution < 1.29 is 19.5 Å². The second kappa shape index (κ2) is 11.0. The van der Waals surface area contributed by atoms with Crippen LogP contribution in [0, 0.1) is 0 Å². The van der Waals surface area contributed by atoms with Crippen LogP contribution in [0.5, 0.6) is 0 Å². The van der Waals surface area contributed by atoms with Crippen LogP contribution in [0.1, 0.15) is 72.6 Å². The molecule has 4 heteroatoms. The van der Waals surface area contributed by atoms with Gasteiger partial charge in [-0.15, -0.1) is 0 Å². The standard InChI is InChI=1S/C17H35NO3/c1-5-9-10-11-13-15(19)14-18(7-3,8-4)16(12-6-2)17(20)21/h15-16,19H,5-14H2,1-4H3. The van der Waals surface area contributed by atoms with Gasteiger partial charge >= 0.3 is 0 Å². The van der Waals surface area contributed by atoms with E-state index in [1.807, 2.05) is 20.8 Å². The number of likely N-dealkylation sites (N-methyl/N-ethyl adjacent to an activating group) is 1. The highest BCUT2D eigenvalue weighted by Gasteiger charge is 2.36. The van der Waals surface area contributed by atoms with Gasteiger partial charge in [0, 0.05) is 6.42 Å². The Labute approximate surface area is 130 Å². The molecule has 0 saturated carbocycles. The molecule has 0 spiro atoms. The van der Waals surface area contributed by atoms with Crippen molar-refractivity contribution in [3.05, 3.63) is 0 Å². The SMILES string of the molecule is CCCCCCC(O)C[N+](CC)(CC)C(CCC)C(=O)[O-]. The number of quaternary nitrogens is 1. The van der Waals surface area contributed by atoms with Crippen molar-refractivity contribution in [2.45, 2.75) is 84.8 Å². The lowest BCUT2D eigenvalue weighted by Crippen LogP contribution is -2.63. The smallest absolute Gasteiger partial charge is 0.129 e. The third kappa shape index (κ3) is 6.79. The number of unbranched alkanes of at least 4 members (excludes halogenated alkanes) is 3. The summed E-state index contributed by atoms with van der Waals surface area (Å²) in [6.45, 7) is 10.2. The molecule has 0 aliphatic carbocycles. The molecule has 0 heterocycles. The largest absolute Gasteiger partial charge is 0.544 e. The van der Waals surface area contributed by atoms with Crippen molar-refractivity contribution in [1.82, 2.24) is 0 Å². The van der Waals surface area contributed by atoms with Crippen LogP contribution >= 0.6 is 0 Å². The maximum Gasteiger partial charge on any atom is 0.129 e. The third-order valence-corrected chi connectivity index (χ3v) is 4.72. The summed E-state index contributed by atoms with van der Waals surface area (Å²) in [5.74, 6) is -0.973. The molecule has 0 aromatic carbocycles. The summed E-state index contributed by atoms with van der Waals surface area (Å²) in [7, 11) is 0. The first-order chi connectivity index (χ1) is 9.97. The quantitative estimate of drug-likeness (QED) is 0.418. The molecule has 0 rings (SSSR count). The van der Waals surface area contributed by atoms with Gasteiger partial charge in [0.1, 0.15) is 18.7 Å². The highest BCUT2D eigenvalue weighted by atomic mass is 16.4. The molecule has 0 radical (unpaired) electrons. The monoisotopic (exact) mass is 301 g/mol. The van der Waals surface area contributed by atoms with Crippen LogP contribution < -0.4 is 5.11 Å². The molecular formula is C17H35NO3. The van der Waals surface area contributed by atoms with E-state index in [1.165, 1.54) is 12.8 Å². The number of aliphatic hydroxyl groups is 1. The first kappa shape index (κ1) is 20.4. The van der Waals surface area contributed by atoms with Crippen LogP contribution in [0.3, 0.4) is 0 Å². The summed E-state index contributed by atoms with van der Waals surface area (Å²) < 4.78 is 0.436. The number of carboxylic acids is 1. The van der Waals surface area contributed by atoms with E-state index in [-0.39, 0.29) is 0 Å². The fourth-order valence-corrected chi connectivity index (χ4v) is 3.26. The number of aliphatic hydroxyl groups excluding tert-OH is 1. The first-order valence-electron chi connectivity index (χ1n) is 8.72. The Hall–Kier alpha value is -0.610. The van der Waals surface area contributed by atoms with Gasteiger partial charge in [-0.3, -0.25) is 0 Å². The fourth-order valence-electron chi connectivity index (χ4n) is 3.26. The van der Waals surface area contributed by atoms with Crippen LogP contribution in [0.2, 0.25) is 0 Å². The number of carbonyl (C=O) groups is 1. The molecule has 126 valence electrons. The Morgan fingerprint density at radius 3 is 2.05 bits per heavy atom. The highest BCUT2D eigenvalue weighted by molar-refractivity contribution is 5.69. The average Bonchev–Trinajstić information content (AvgIpc) is 2.47. The normalized spacial score (nSPS) is 14.9. The van der Waals surface area contributed by atoms with Gasteiger partial charge in [0.25, 0.3) is 0 Å². The van der Waals surface area contributed by atoms with Crippen molar-refractivity contribution in [2.24, 2.45) is 0 Å². The molecule has 0 saturated heterocycles. The lowest BCUT2D eigenvalue weighted by Gasteiger charge is -2.45. The molecule has 0 aliphatic heterocycles. The second-order valence-electron chi connectivity index (χ2n) is 6.16. The minimum Gasteiger partial charge on any atom is -0.544 e. The molecule has 0 aromatic heterocycles. The van der Waals surface area contributed by atoms with E-state index in [9.17, 15) is 15.0 Å². The minimum atomic E-state index is -0.973. The van der Waals surface area contributed by atoms with Gasteiger partial charge in [-0.1, -0.05) is 46.0 Å². The van der Waals surface area contributed by atoms with Gasteiger partial charge in [-0.2, -0.15) is 0 Å². The zero-order valence-corrected chi connectivity index (χ0v) is 14.4. The third-order valence-electron chi connectivity index (χ3n) is 4.72. The summed E-state index contributed by atoms with van der Waals surface area (Å²) in [4.78, 5) is 11.5. The molecule has 2 unspecified atom stereocenters. The number of rotatable bonds is 13. The average molecular weight is 301 g/mol. The molecule has 0 aliphatic rings. The Morgan fingerprint density at radius 2 is 1.62 bits per heavy atom. The maximum absolute atomic E-state index is 11.5. The zero-order chi connectivity index (χ0) is 16.3. The van der Waals surface area contributed by atoms with Gasteiger partial charge in [0.05, 0.1) is 19.1 Å². The molecule has 0 aromatic rings.